The Kier molecular flexibility index (Phi) is 3.34. The van der Waals surface area contributed by atoms with Crippen molar-refractivity contribution < 1.29 is 16.8 Å². The van der Waals surface area contributed by atoms with Gasteiger partial charge in [-0.2, -0.15) is 0 Å². The molecular weight excluding hydrogens is 212 g/mol. The molecule has 0 amide bonds. The first-order valence-corrected chi connectivity index (χ1v) is 6.85. The Morgan fingerprint density at radius 3 is 1.64 bits per heavy atom. The first-order valence-electron chi connectivity index (χ1n) is 2.51. The van der Waals surface area contributed by atoms with Gasteiger partial charge in [0.15, 0.2) is 24.4 Å². The zero-order chi connectivity index (χ0) is 9.28. The van der Waals surface area contributed by atoms with E-state index in [1.165, 1.54) is 0 Å². The van der Waals surface area contributed by atoms with Crippen LogP contribution in [0.1, 0.15) is 0 Å². The van der Waals surface area contributed by atoms with E-state index in [0.717, 1.165) is 12.5 Å². The molecule has 0 spiro atoms. The van der Waals surface area contributed by atoms with Crippen molar-refractivity contribution in [3.8, 4) is 0 Å². The largest absolute Gasteiger partial charge is 0.229 e. The number of halogens is 1. The van der Waals surface area contributed by atoms with Crippen LogP contribution in [0.2, 0.25) is 0 Å². The Morgan fingerprint density at radius 1 is 1.18 bits per heavy atom. The molecule has 0 bridgehead atoms. The number of hydrogen-bond acceptors (Lipinski definition) is 4. The molecule has 11 heavy (non-hydrogen) atoms. The minimum atomic E-state index is -3.51. The van der Waals surface area contributed by atoms with Crippen molar-refractivity contribution >= 4 is 31.3 Å². The SMILES string of the molecule is CS(=O)(=O)[CH]C(Cl)S(C)(=O)=O. The lowest BCUT2D eigenvalue weighted by Gasteiger charge is -2.03. The van der Waals surface area contributed by atoms with Crippen LogP contribution in [0.4, 0.5) is 0 Å². The Labute approximate surface area is 71.4 Å². The molecule has 7 heteroatoms. The van der Waals surface area contributed by atoms with E-state index >= 15 is 0 Å². The Bertz CT molecular complexity index is 314. The topological polar surface area (TPSA) is 68.3 Å². The fraction of sp³-hybridized carbons (Fsp3) is 0.750. The van der Waals surface area contributed by atoms with Gasteiger partial charge in [0.25, 0.3) is 0 Å². The second kappa shape index (κ2) is 3.28. The summed E-state index contributed by atoms with van der Waals surface area (Å²) in [6.07, 6.45) is 1.75. The summed E-state index contributed by atoms with van der Waals surface area (Å²) < 4.78 is 40.7. The van der Waals surface area contributed by atoms with Crippen LogP contribution in [0.15, 0.2) is 0 Å². The van der Waals surface area contributed by atoms with E-state index in [4.69, 9.17) is 11.6 Å². The van der Waals surface area contributed by atoms with Crippen LogP contribution in [0.25, 0.3) is 0 Å². The van der Waals surface area contributed by atoms with Crippen molar-refractivity contribution in [3.05, 3.63) is 5.75 Å². The lowest BCUT2D eigenvalue weighted by Crippen LogP contribution is -2.17. The van der Waals surface area contributed by atoms with Crippen LogP contribution in [0, 0.1) is 5.75 Å². The van der Waals surface area contributed by atoms with Gasteiger partial charge in [-0.05, 0) is 0 Å². The number of alkyl halides is 1. The predicted molar refractivity (Wildman–Crippen MR) is 43.6 cm³/mol. The lowest BCUT2D eigenvalue weighted by molar-refractivity contribution is 0.595. The van der Waals surface area contributed by atoms with Crippen molar-refractivity contribution in [2.45, 2.75) is 4.71 Å². The fourth-order valence-electron chi connectivity index (χ4n) is 0.295. The molecule has 1 unspecified atom stereocenters. The molecule has 0 saturated carbocycles. The van der Waals surface area contributed by atoms with Crippen LogP contribution in [0.3, 0.4) is 0 Å². The Morgan fingerprint density at radius 2 is 1.55 bits per heavy atom. The van der Waals surface area contributed by atoms with Gasteiger partial charge in [-0.1, -0.05) is 0 Å². The molecule has 1 radical (unpaired) electrons. The molecule has 4 nitrogen and oxygen atoms in total. The van der Waals surface area contributed by atoms with Gasteiger partial charge in [-0.3, -0.25) is 0 Å². The quantitative estimate of drug-likeness (QED) is 0.617. The van der Waals surface area contributed by atoms with E-state index in [2.05, 4.69) is 0 Å². The van der Waals surface area contributed by atoms with Crippen LogP contribution < -0.4 is 0 Å². The summed E-state index contributed by atoms with van der Waals surface area (Å²) in [4.78, 5) is 0. The van der Waals surface area contributed by atoms with Crippen molar-refractivity contribution in [2.24, 2.45) is 0 Å². The monoisotopic (exact) mass is 219 g/mol. The van der Waals surface area contributed by atoms with E-state index < -0.39 is 24.4 Å². The van der Waals surface area contributed by atoms with Crippen LogP contribution in [-0.4, -0.2) is 34.1 Å². The highest BCUT2D eigenvalue weighted by Gasteiger charge is 2.22. The van der Waals surface area contributed by atoms with Gasteiger partial charge in [0.2, 0.25) is 0 Å². The highest BCUT2D eigenvalue weighted by atomic mass is 35.5. The summed E-state index contributed by atoms with van der Waals surface area (Å²) in [5.74, 6) is 0.587. The van der Waals surface area contributed by atoms with Crippen LogP contribution >= 0.6 is 11.6 Å². The van der Waals surface area contributed by atoms with Crippen LogP contribution in [0.5, 0.6) is 0 Å². The van der Waals surface area contributed by atoms with Crippen molar-refractivity contribution in [1.82, 2.24) is 0 Å². The summed E-state index contributed by atoms with van der Waals surface area (Å²) >= 11 is 5.22. The Hall–Kier alpha value is 0.190. The summed E-state index contributed by atoms with van der Waals surface area (Å²) in [6, 6.07) is 0. The molecule has 0 fully saturated rings. The normalized spacial score (nSPS) is 16.3. The van der Waals surface area contributed by atoms with Gasteiger partial charge in [0.1, 0.15) is 5.75 Å². The molecule has 0 aromatic rings. The molecule has 0 N–H and O–H groups in total. The summed E-state index contributed by atoms with van der Waals surface area (Å²) in [5, 5.41) is 0. The number of sulfone groups is 2. The molecule has 0 saturated heterocycles. The van der Waals surface area contributed by atoms with Gasteiger partial charge >= 0.3 is 0 Å². The van der Waals surface area contributed by atoms with Crippen molar-refractivity contribution in [1.29, 1.82) is 0 Å². The zero-order valence-electron chi connectivity index (χ0n) is 5.98. The van der Waals surface area contributed by atoms with Crippen molar-refractivity contribution in [3.63, 3.8) is 0 Å². The fourth-order valence-corrected chi connectivity index (χ4v) is 2.66. The van der Waals surface area contributed by atoms with E-state index in [1.807, 2.05) is 0 Å². The maximum absolute atomic E-state index is 10.6. The first-order chi connectivity index (χ1) is 4.63. The molecule has 0 aromatic heterocycles. The average molecular weight is 220 g/mol. The van der Waals surface area contributed by atoms with Crippen molar-refractivity contribution in [2.75, 3.05) is 12.5 Å². The maximum Gasteiger partial charge on any atom is 0.165 e. The third-order valence-corrected chi connectivity index (χ3v) is 3.90. The second-order valence-electron chi connectivity index (χ2n) is 2.15. The molecular formula is C4H8ClO4S2. The molecule has 0 aliphatic rings. The standard InChI is InChI=1S/C4H8ClO4S2/c1-10(6,7)3-4(5)11(2,8)9/h3-4H,1-2H3. The van der Waals surface area contributed by atoms with Crippen LogP contribution in [-0.2, 0) is 19.7 Å². The minimum absolute atomic E-state index is 0.587. The summed E-state index contributed by atoms with van der Waals surface area (Å²) in [6.45, 7) is 0. The third kappa shape index (κ3) is 5.46. The summed E-state index contributed by atoms with van der Waals surface area (Å²) in [7, 11) is -6.95. The van der Waals surface area contributed by atoms with Gasteiger partial charge in [-0.25, -0.2) is 16.8 Å². The van der Waals surface area contributed by atoms with E-state index in [0.29, 0.717) is 5.75 Å². The lowest BCUT2D eigenvalue weighted by atomic mass is 10.9. The third-order valence-electron chi connectivity index (χ3n) is 0.763. The molecule has 0 aromatic carbocycles. The molecule has 0 heterocycles. The highest BCUT2D eigenvalue weighted by Crippen LogP contribution is 2.11. The molecule has 67 valence electrons. The average Bonchev–Trinajstić information content (AvgIpc) is 1.56. The van der Waals surface area contributed by atoms with Gasteiger partial charge in [0, 0.05) is 12.5 Å². The molecule has 0 aliphatic heterocycles. The Balaban J connectivity index is 4.47. The van der Waals surface area contributed by atoms with Gasteiger partial charge in [-0.15, -0.1) is 11.6 Å². The van der Waals surface area contributed by atoms with Gasteiger partial charge in [0.05, 0.1) is 0 Å². The number of rotatable bonds is 3. The minimum Gasteiger partial charge on any atom is -0.229 e. The molecule has 0 rings (SSSR count). The van der Waals surface area contributed by atoms with E-state index in [-0.39, 0.29) is 0 Å². The predicted octanol–water partition coefficient (Wildman–Crippen LogP) is -0.198. The summed E-state index contributed by atoms with van der Waals surface area (Å²) in [5.41, 5.74) is 0. The first kappa shape index (κ1) is 11.2. The molecule has 0 aliphatic carbocycles. The molecule has 1 atom stereocenters. The number of hydrogen-bond donors (Lipinski definition) is 0. The van der Waals surface area contributed by atoms with E-state index in [9.17, 15) is 16.8 Å². The highest BCUT2D eigenvalue weighted by molar-refractivity contribution is 7.97. The zero-order valence-corrected chi connectivity index (χ0v) is 8.37. The smallest absolute Gasteiger partial charge is 0.165 e. The maximum atomic E-state index is 10.6. The van der Waals surface area contributed by atoms with Gasteiger partial charge < -0.3 is 0 Å². The van der Waals surface area contributed by atoms with E-state index in [1.54, 1.807) is 0 Å². The second-order valence-corrected chi connectivity index (χ2v) is 6.97.